The Hall–Kier alpha value is -2.64. The number of alkyl halides is 3. The van der Waals surface area contributed by atoms with E-state index in [1.807, 2.05) is 37.6 Å². The number of aromatic nitrogens is 4. The average molecular weight is 336 g/mol. The van der Waals surface area contributed by atoms with Crippen LogP contribution in [0.1, 0.15) is 28.4 Å². The van der Waals surface area contributed by atoms with Crippen LogP contribution in [0.25, 0.3) is 11.4 Å². The molecule has 1 aromatic carbocycles. The Balaban J connectivity index is 1.80. The first kappa shape index (κ1) is 16.2. The van der Waals surface area contributed by atoms with E-state index in [0.29, 0.717) is 12.1 Å². The summed E-state index contributed by atoms with van der Waals surface area (Å²) in [7, 11) is 0. The summed E-state index contributed by atoms with van der Waals surface area (Å²) in [6, 6.07) is 6.95. The number of rotatable bonds is 3. The lowest BCUT2D eigenvalue weighted by Crippen LogP contribution is -2.05. The maximum Gasteiger partial charge on any atom is 0.471 e. The first-order chi connectivity index (χ1) is 11.3. The summed E-state index contributed by atoms with van der Waals surface area (Å²) in [5, 5.41) is 7.84. The van der Waals surface area contributed by atoms with Crippen molar-refractivity contribution < 1.29 is 17.7 Å². The first-order valence-corrected chi connectivity index (χ1v) is 7.26. The quantitative estimate of drug-likeness (QED) is 0.727. The van der Waals surface area contributed by atoms with Crippen LogP contribution in [0.15, 0.2) is 28.8 Å². The summed E-state index contributed by atoms with van der Waals surface area (Å²) >= 11 is 0. The molecule has 8 heteroatoms. The Labute approximate surface area is 136 Å². The molecule has 0 N–H and O–H groups in total. The van der Waals surface area contributed by atoms with Crippen LogP contribution in [0, 0.1) is 20.8 Å². The largest absolute Gasteiger partial charge is 0.471 e. The van der Waals surface area contributed by atoms with Gasteiger partial charge in [-0.05, 0) is 31.9 Å². The number of hydrogen-bond acceptors (Lipinski definition) is 4. The molecule has 2 heterocycles. The Morgan fingerprint density at radius 2 is 1.75 bits per heavy atom. The van der Waals surface area contributed by atoms with E-state index in [2.05, 4.69) is 19.8 Å². The lowest BCUT2D eigenvalue weighted by atomic mass is 10.1. The Morgan fingerprint density at radius 3 is 2.25 bits per heavy atom. The highest BCUT2D eigenvalue weighted by Gasteiger charge is 2.38. The van der Waals surface area contributed by atoms with Gasteiger partial charge in [-0.3, -0.25) is 4.68 Å². The van der Waals surface area contributed by atoms with Crippen molar-refractivity contribution in [1.82, 2.24) is 19.9 Å². The third-order valence-electron chi connectivity index (χ3n) is 3.96. The van der Waals surface area contributed by atoms with Crippen molar-refractivity contribution >= 4 is 0 Å². The third kappa shape index (κ3) is 3.04. The molecule has 0 atom stereocenters. The van der Waals surface area contributed by atoms with Crippen molar-refractivity contribution in [3.63, 3.8) is 0 Å². The maximum atomic E-state index is 12.5. The van der Waals surface area contributed by atoms with Gasteiger partial charge in [0.1, 0.15) is 0 Å². The van der Waals surface area contributed by atoms with Crippen LogP contribution in [-0.4, -0.2) is 19.9 Å². The van der Waals surface area contributed by atoms with Gasteiger partial charge in [0.2, 0.25) is 5.82 Å². The van der Waals surface area contributed by atoms with E-state index in [4.69, 9.17) is 0 Å². The molecule has 0 bridgehead atoms. The van der Waals surface area contributed by atoms with Gasteiger partial charge in [-0.15, -0.1) is 0 Å². The van der Waals surface area contributed by atoms with Crippen LogP contribution in [0.3, 0.4) is 0 Å². The van der Waals surface area contributed by atoms with Crippen LogP contribution in [0.4, 0.5) is 13.2 Å². The van der Waals surface area contributed by atoms with Crippen molar-refractivity contribution in [3.8, 4) is 11.4 Å². The zero-order valence-corrected chi connectivity index (χ0v) is 13.3. The van der Waals surface area contributed by atoms with Gasteiger partial charge in [-0.25, -0.2) is 0 Å². The number of hydrogen-bond donors (Lipinski definition) is 0. The highest BCUT2D eigenvalue weighted by atomic mass is 19.4. The van der Waals surface area contributed by atoms with Crippen molar-refractivity contribution in [1.29, 1.82) is 0 Å². The number of aryl methyl sites for hydroxylation is 1. The highest BCUT2D eigenvalue weighted by molar-refractivity contribution is 5.54. The van der Waals surface area contributed by atoms with Crippen LogP contribution >= 0.6 is 0 Å². The maximum absolute atomic E-state index is 12.5. The molecule has 2 aromatic heterocycles. The smallest absolute Gasteiger partial charge is 0.329 e. The Bertz CT molecular complexity index is 863. The molecule has 0 aliphatic carbocycles. The minimum atomic E-state index is -4.64. The SMILES string of the molecule is Cc1nn(Cc2ccc(-c3noc(C(F)(F)F)n3)cc2)c(C)c1C. The second-order valence-electron chi connectivity index (χ2n) is 5.57. The normalized spacial score (nSPS) is 11.9. The minimum absolute atomic E-state index is 0.0872. The van der Waals surface area contributed by atoms with Gasteiger partial charge >= 0.3 is 12.1 Å². The summed E-state index contributed by atoms with van der Waals surface area (Å²) in [6.45, 7) is 6.56. The van der Waals surface area contributed by atoms with Gasteiger partial charge in [0.15, 0.2) is 0 Å². The molecule has 0 aliphatic heterocycles. The Kier molecular flexibility index (Phi) is 3.90. The summed E-state index contributed by atoms with van der Waals surface area (Å²) in [5.74, 6) is -1.43. The van der Waals surface area contributed by atoms with Gasteiger partial charge in [0.05, 0.1) is 12.2 Å². The second-order valence-corrected chi connectivity index (χ2v) is 5.57. The standard InChI is InChI=1S/C16H15F3N4O/c1-9-10(2)21-23(11(9)3)8-12-4-6-13(7-5-12)14-20-15(24-22-14)16(17,18)19/h4-7H,8H2,1-3H3. The molecule has 0 spiro atoms. The fraction of sp³-hybridized carbons (Fsp3) is 0.312. The summed E-state index contributed by atoms with van der Waals surface area (Å²) in [5.41, 5.74) is 4.66. The van der Waals surface area contributed by atoms with Crippen LogP contribution in [0.5, 0.6) is 0 Å². The van der Waals surface area contributed by atoms with E-state index in [0.717, 1.165) is 22.5 Å². The van der Waals surface area contributed by atoms with Gasteiger partial charge in [-0.2, -0.15) is 23.3 Å². The number of benzene rings is 1. The van der Waals surface area contributed by atoms with Crippen molar-refractivity contribution in [2.75, 3.05) is 0 Å². The predicted molar refractivity (Wildman–Crippen MR) is 80.3 cm³/mol. The molecule has 0 saturated carbocycles. The van der Waals surface area contributed by atoms with E-state index in [1.165, 1.54) is 0 Å². The summed E-state index contributed by atoms with van der Waals surface area (Å²) < 4.78 is 43.6. The molecule has 0 unspecified atom stereocenters. The molecule has 0 saturated heterocycles. The molecule has 0 radical (unpaired) electrons. The van der Waals surface area contributed by atoms with Crippen LogP contribution in [-0.2, 0) is 12.7 Å². The predicted octanol–water partition coefficient (Wildman–Crippen LogP) is 3.93. The van der Waals surface area contributed by atoms with Crippen LogP contribution in [0.2, 0.25) is 0 Å². The summed E-state index contributed by atoms with van der Waals surface area (Å²) in [6.07, 6.45) is -4.64. The van der Waals surface area contributed by atoms with Gasteiger partial charge in [0, 0.05) is 11.3 Å². The molecule has 126 valence electrons. The average Bonchev–Trinajstić information content (AvgIpc) is 3.11. The van der Waals surface area contributed by atoms with Crippen molar-refractivity contribution in [2.24, 2.45) is 0 Å². The van der Waals surface area contributed by atoms with Crippen molar-refractivity contribution in [2.45, 2.75) is 33.5 Å². The molecule has 0 fully saturated rings. The monoisotopic (exact) mass is 336 g/mol. The van der Waals surface area contributed by atoms with E-state index in [1.54, 1.807) is 12.1 Å². The lowest BCUT2D eigenvalue weighted by Gasteiger charge is -2.05. The zero-order valence-electron chi connectivity index (χ0n) is 13.3. The fourth-order valence-electron chi connectivity index (χ4n) is 2.33. The minimum Gasteiger partial charge on any atom is -0.329 e. The van der Waals surface area contributed by atoms with E-state index in [-0.39, 0.29) is 5.82 Å². The number of nitrogens with zero attached hydrogens (tertiary/aromatic N) is 4. The molecular formula is C16H15F3N4O. The zero-order chi connectivity index (χ0) is 17.5. The first-order valence-electron chi connectivity index (χ1n) is 7.26. The number of halogens is 3. The molecule has 3 rings (SSSR count). The molecule has 24 heavy (non-hydrogen) atoms. The molecule has 0 aliphatic rings. The van der Waals surface area contributed by atoms with E-state index in [9.17, 15) is 13.2 Å². The Morgan fingerprint density at radius 1 is 1.08 bits per heavy atom. The topological polar surface area (TPSA) is 56.7 Å². The van der Waals surface area contributed by atoms with E-state index >= 15 is 0 Å². The van der Waals surface area contributed by atoms with Gasteiger partial charge in [0.25, 0.3) is 0 Å². The molecule has 5 nitrogen and oxygen atoms in total. The second kappa shape index (κ2) is 5.77. The molecule has 3 aromatic rings. The summed E-state index contributed by atoms with van der Waals surface area (Å²) in [4.78, 5) is 3.37. The molecule has 0 amide bonds. The van der Waals surface area contributed by atoms with Crippen molar-refractivity contribution in [3.05, 3.63) is 52.7 Å². The van der Waals surface area contributed by atoms with Gasteiger partial charge < -0.3 is 4.52 Å². The van der Waals surface area contributed by atoms with Crippen LogP contribution < -0.4 is 0 Å². The van der Waals surface area contributed by atoms with Gasteiger partial charge in [-0.1, -0.05) is 29.4 Å². The van der Waals surface area contributed by atoms with E-state index < -0.39 is 12.1 Å². The molecular weight excluding hydrogens is 321 g/mol. The lowest BCUT2D eigenvalue weighted by molar-refractivity contribution is -0.159. The highest BCUT2D eigenvalue weighted by Crippen LogP contribution is 2.29. The third-order valence-corrected chi connectivity index (χ3v) is 3.96. The fourth-order valence-corrected chi connectivity index (χ4v) is 2.33.